The molecule has 0 unspecified atom stereocenters. The highest BCUT2D eigenvalue weighted by molar-refractivity contribution is 5.73. The van der Waals surface area contributed by atoms with Crippen LogP contribution in [0.15, 0.2) is 18.2 Å². The van der Waals surface area contributed by atoms with Crippen molar-refractivity contribution in [3.63, 3.8) is 0 Å². The van der Waals surface area contributed by atoms with Gasteiger partial charge in [0, 0.05) is 12.5 Å². The Morgan fingerprint density at radius 1 is 1.47 bits per heavy atom. The topological polar surface area (TPSA) is 29.1 Å². The third-order valence-electron chi connectivity index (χ3n) is 1.89. The zero-order valence-electron chi connectivity index (χ0n) is 9.06. The van der Waals surface area contributed by atoms with Crippen molar-refractivity contribution in [3.8, 4) is 11.8 Å². The molecule has 0 saturated carbocycles. The van der Waals surface area contributed by atoms with Gasteiger partial charge in [-0.25, -0.2) is 13.2 Å². The molecule has 0 heterocycles. The monoisotopic (exact) mass is 241 g/mol. The number of hydrogen-bond acceptors (Lipinski definition) is 1. The fraction of sp³-hybridized carbons (Fsp3) is 0.250. The number of carbonyl (C=O) groups excluding carboxylic acids is 1. The maximum atomic E-state index is 13.1. The summed E-state index contributed by atoms with van der Waals surface area (Å²) in [6, 6.07) is 3.26. The number of rotatable bonds is 2. The molecule has 0 atom stereocenters. The second-order valence-corrected chi connectivity index (χ2v) is 3.25. The van der Waals surface area contributed by atoms with E-state index >= 15 is 0 Å². The van der Waals surface area contributed by atoms with Crippen LogP contribution in [0.25, 0.3) is 0 Å². The predicted molar refractivity (Wildman–Crippen MR) is 56.9 cm³/mol. The van der Waals surface area contributed by atoms with E-state index in [1.165, 1.54) is 13.0 Å². The van der Waals surface area contributed by atoms with Crippen LogP contribution in [-0.4, -0.2) is 12.5 Å². The minimum Gasteiger partial charge on any atom is -0.345 e. The Morgan fingerprint density at radius 3 is 2.71 bits per heavy atom. The van der Waals surface area contributed by atoms with E-state index in [9.17, 15) is 18.0 Å². The number of nitrogens with one attached hydrogen (secondary N) is 1. The maximum absolute atomic E-state index is 13.1. The van der Waals surface area contributed by atoms with Gasteiger partial charge in [0.15, 0.2) is 0 Å². The molecule has 0 aromatic heterocycles. The van der Waals surface area contributed by atoms with Crippen molar-refractivity contribution in [2.75, 3.05) is 6.54 Å². The van der Waals surface area contributed by atoms with Crippen LogP contribution in [0.2, 0.25) is 0 Å². The molecule has 1 N–H and O–H groups in total. The van der Waals surface area contributed by atoms with Gasteiger partial charge >= 0.3 is 0 Å². The van der Waals surface area contributed by atoms with Crippen LogP contribution in [0.5, 0.6) is 0 Å². The van der Waals surface area contributed by atoms with E-state index in [0.717, 1.165) is 12.1 Å². The molecule has 0 aliphatic carbocycles. The highest BCUT2D eigenvalue weighted by atomic mass is 19.3. The summed E-state index contributed by atoms with van der Waals surface area (Å²) in [7, 11) is 0. The van der Waals surface area contributed by atoms with E-state index in [-0.39, 0.29) is 18.0 Å². The van der Waals surface area contributed by atoms with Crippen molar-refractivity contribution in [3.05, 3.63) is 35.1 Å². The molecule has 17 heavy (non-hydrogen) atoms. The maximum Gasteiger partial charge on any atom is 0.266 e. The lowest BCUT2D eigenvalue weighted by atomic mass is 10.1. The molecular weight excluding hydrogens is 231 g/mol. The molecule has 0 aliphatic heterocycles. The minimum atomic E-state index is -2.84. The van der Waals surface area contributed by atoms with E-state index in [1.54, 1.807) is 0 Å². The molecule has 1 aromatic rings. The number of benzene rings is 1. The number of amides is 1. The summed E-state index contributed by atoms with van der Waals surface area (Å²) >= 11 is 0. The third kappa shape index (κ3) is 4.19. The molecule has 0 saturated heterocycles. The summed E-state index contributed by atoms with van der Waals surface area (Å²) in [5.41, 5.74) is -0.352. The first kappa shape index (κ1) is 13.1. The number of hydrogen-bond donors (Lipinski definition) is 1. The molecule has 5 heteroatoms. The molecule has 0 spiro atoms. The first-order chi connectivity index (χ1) is 8.00. The lowest BCUT2D eigenvalue weighted by molar-refractivity contribution is -0.118. The summed E-state index contributed by atoms with van der Waals surface area (Å²) in [6.45, 7) is 1.48. The lowest BCUT2D eigenvalue weighted by Gasteiger charge is -2.01. The Hall–Kier alpha value is -1.96. The minimum absolute atomic E-state index is 0.132. The van der Waals surface area contributed by atoms with Crippen LogP contribution in [0, 0.1) is 17.7 Å². The molecule has 1 amide bonds. The zero-order valence-corrected chi connectivity index (χ0v) is 9.06. The quantitative estimate of drug-likeness (QED) is 0.790. The SMILES string of the molecule is CC(=O)NCC#Cc1ccc(C(F)F)c(F)c1. The van der Waals surface area contributed by atoms with Crippen molar-refractivity contribution in [2.45, 2.75) is 13.3 Å². The molecule has 0 radical (unpaired) electrons. The van der Waals surface area contributed by atoms with Gasteiger partial charge in [-0.2, -0.15) is 0 Å². The fourth-order valence-corrected chi connectivity index (χ4v) is 1.10. The van der Waals surface area contributed by atoms with Gasteiger partial charge < -0.3 is 5.32 Å². The summed E-state index contributed by atoms with van der Waals surface area (Å²) in [6.07, 6.45) is -2.84. The van der Waals surface area contributed by atoms with Crippen LogP contribution in [0.1, 0.15) is 24.5 Å². The molecule has 2 nitrogen and oxygen atoms in total. The standard InChI is InChI=1S/C12H10F3NO/c1-8(17)16-6-2-3-9-4-5-10(12(14)15)11(13)7-9/h4-5,7,12H,6H2,1H3,(H,16,17). The Labute approximate surface area is 96.8 Å². The second-order valence-electron chi connectivity index (χ2n) is 3.25. The molecule has 90 valence electrons. The molecule has 0 bridgehead atoms. The Morgan fingerprint density at radius 2 is 2.18 bits per heavy atom. The van der Waals surface area contributed by atoms with Gasteiger partial charge in [0.05, 0.1) is 12.1 Å². The van der Waals surface area contributed by atoms with Gasteiger partial charge in [-0.15, -0.1) is 0 Å². The van der Waals surface area contributed by atoms with Crippen molar-refractivity contribution in [1.29, 1.82) is 0 Å². The molecule has 1 aromatic carbocycles. The molecule has 0 aliphatic rings. The molecule has 1 rings (SSSR count). The Kier molecular flexibility index (Phi) is 4.58. The average molecular weight is 241 g/mol. The largest absolute Gasteiger partial charge is 0.345 e. The van der Waals surface area contributed by atoms with E-state index in [1.807, 2.05) is 0 Å². The number of halogens is 3. The highest BCUT2D eigenvalue weighted by Gasteiger charge is 2.12. The van der Waals surface area contributed by atoms with Crippen LogP contribution in [0.4, 0.5) is 13.2 Å². The first-order valence-electron chi connectivity index (χ1n) is 4.81. The van der Waals surface area contributed by atoms with Crippen LogP contribution >= 0.6 is 0 Å². The number of alkyl halides is 2. The lowest BCUT2D eigenvalue weighted by Crippen LogP contribution is -2.19. The van der Waals surface area contributed by atoms with E-state index in [0.29, 0.717) is 0 Å². The predicted octanol–water partition coefficient (Wildman–Crippen LogP) is 2.25. The van der Waals surface area contributed by atoms with Gasteiger partial charge in [0.2, 0.25) is 5.91 Å². The van der Waals surface area contributed by atoms with Crippen molar-refractivity contribution >= 4 is 5.91 Å². The second kappa shape index (κ2) is 5.94. The summed E-state index contributed by atoms with van der Waals surface area (Å²) < 4.78 is 37.6. The third-order valence-corrected chi connectivity index (χ3v) is 1.89. The van der Waals surface area contributed by atoms with Gasteiger partial charge in [-0.1, -0.05) is 11.8 Å². The van der Waals surface area contributed by atoms with Gasteiger partial charge in [-0.3, -0.25) is 4.79 Å². The van der Waals surface area contributed by atoms with Crippen LogP contribution < -0.4 is 5.32 Å². The summed E-state index contributed by atoms with van der Waals surface area (Å²) in [5, 5.41) is 2.43. The normalized spacial score (nSPS) is 9.71. The smallest absolute Gasteiger partial charge is 0.266 e. The Balaban J connectivity index is 2.73. The van der Waals surface area contributed by atoms with Crippen molar-refractivity contribution in [2.24, 2.45) is 0 Å². The van der Waals surface area contributed by atoms with Crippen LogP contribution in [-0.2, 0) is 4.79 Å². The van der Waals surface area contributed by atoms with Gasteiger partial charge in [0.25, 0.3) is 6.43 Å². The van der Waals surface area contributed by atoms with Gasteiger partial charge in [0.1, 0.15) is 5.82 Å². The van der Waals surface area contributed by atoms with E-state index in [4.69, 9.17) is 0 Å². The van der Waals surface area contributed by atoms with Gasteiger partial charge in [-0.05, 0) is 18.2 Å². The van der Waals surface area contributed by atoms with Crippen LogP contribution in [0.3, 0.4) is 0 Å². The fourth-order valence-electron chi connectivity index (χ4n) is 1.10. The van der Waals surface area contributed by atoms with Crippen molar-refractivity contribution in [1.82, 2.24) is 5.32 Å². The highest BCUT2D eigenvalue weighted by Crippen LogP contribution is 2.22. The van der Waals surface area contributed by atoms with Crippen molar-refractivity contribution < 1.29 is 18.0 Å². The average Bonchev–Trinajstić information content (AvgIpc) is 2.23. The number of carbonyl (C=O) groups is 1. The Bertz CT molecular complexity index is 474. The first-order valence-corrected chi connectivity index (χ1v) is 4.81. The molecular formula is C12H10F3NO. The summed E-state index contributed by atoms with van der Waals surface area (Å²) in [4.78, 5) is 10.5. The zero-order chi connectivity index (χ0) is 12.8. The molecule has 0 fully saturated rings. The van der Waals surface area contributed by atoms with E-state index in [2.05, 4.69) is 17.2 Å². The van der Waals surface area contributed by atoms with E-state index < -0.39 is 17.8 Å². The summed E-state index contributed by atoms with van der Waals surface area (Å²) in [5.74, 6) is 3.93.